The molecule has 27 heavy (non-hydrogen) atoms. The highest BCUT2D eigenvalue weighted by Gasteiger charge is 2.15. The van der Waals surface area contributed by atoms with Gasteiger partial charge in [0.15, 0.2) is 0 Å². The number of rotatable bonds is 16. The van der Waals surface area contributed by atoms with Crippen LogP contribution in [0.1, 0.15) is 97.8 Å². The predicted molar refractivity (Wildman–Crippen MR) is 121 cm³/mol. The van der Waals surface area contributed by atoms with E-state index < -0.39 is 17.2 Å². The highest BCUT2D eigenvalue weighted by Crippen LogP contribution is 2.16. The number of unbranched alkanes of at least 4 members (excludes halogenated alkanes) is 6. The van der Waals surface area contributed by atoms with Crippen molar-refractivity contribution in [1.29, 1.82) is 0 Å². The van der Waals surface area contributed by atoms with Gasteiger partial charge in [-0.05, 0) is 30.9 Å². The summed E-state index contributed by atoms with van der Waals surface area (Å²) in [4.78, 5) is 21.2. The van der Waals surface area contributed by atoms with E-state index in [0.29, 0.717) is 18.6 Å². The molecule has 2 atom stereocenters. The van der Waals surface area contributed by atoms with Crippen molar-refractivity contribution in [3.63, 3.8) is 0 Å². The molecule has 0 rings (SSSR count). The number of aliphatic carboxylic acids is 2. The van der Waals surface area contributed by atoms with Crippen LogP contribution in [0.2, 0.25) is 0 Å². The first-order valence-electron chi connectivity index (χ1n) is 10.5. The Kier molecular flexibility index (Phi) is 21.8. The summed E-state index contributed by atoms with van der Waals surface area (Å²) < 4.78 is 0. The molecule has 4 nitrogen and oxygen atoms in total. The SMILES string of the molecule is CC(C)CCCCCC(S)C(=O)O.CCCCCCCC(CCS)C(=O)O. The number of carboxylic acid groups (broad SMARTS) is 2. The van der Waals surface area contributed by atoms with Crippen LogP contribution in [0.4, 0.5) is 0 Å². The van der Waals surface area contributed by atoms with Gasteiger partial charge in [-0.2, -0.15) is 25.3 Å². The van der Waals surface area contributed by atoms with Crippen LogP contribution in [0, 0.1) is 11.8 Å². The smallest absolute Gasteiger partial charge is 0.316 e. The second-order valence-electron chi connectivity index (χ2n) is 7.64. The van der Waals surface area contributed by atoms with Crippen LogP contribution < -0.4 is 0 Å². The predicted octanol–water partition coefficient (Wildman–Crippen LogP) is 6.34. The average molecular weight is 423 g/mol. The van der Waals surface area contributed by atoms with E-state index in [2.05, 4.69) is 46.0 Å². The lowest BCUT2D eigenvalue weighted by molar-refractivity contribution is -0.142. The average Bonchev–Trinajstić information content (AvgIpc) is 2.60. The summed E-state index contributed by atoms with van der Waals surface area (Å²) >= 11 is 8.04. The molecule has 0 aromatic rings. The largest absolute Gasteiger partial charge is 0.481 e. The summed E-state index contributed by atoms with van der Waals surface area (Å²) in [6, 6.07) is 0. The van der Waals surface area contributed by atoms with Gasteiger partial charge in [0.05, 0.1) is 11.2 Å². The van der Waals surface area contributed by atoms with Crippen molar-refractivity contribution < 1.29 is 19.8 Å². The summed E-state index contributed by atoms with van der Waals surface area (Å²) in [6.07, 6.45) is 12.7. The quantitative estimate of drug-likeness (QED) is 0.173. The summed E-state index contributed by atoms with van der Waals surface area (Å²) in [6.45, 7) is 6.60. The Hall–Kier alpha value is -0.360. The van der Waals surface area contributed by atoms with Gasteiger partial charge in [0.25, 0.3) is 0 Å². The molecule has 6 heteroatoms. The molecule has 0 saturated carbocycles. The van der Waals surface area contributed by atoms with Gasteiger partial charge < -0.3 is 10.2 Å². The first kappa shape index (κ1) is 28.8. The standard InChI is InChI=1S/C11H22O2S.C10H20O2S/c1-2-3-4-5-6-7-10(8-9-14)11(12)13;1-8(2)6-4-3-5-7-9(13)10(11)12/h10,14H,2-9H2,1H3,(H,12,13);8-9,13H,3-7H2,1-2H3,(H,11,12). The molecule has 2 N–H and O–H groups in total. The Balaban J connectivity index is 0. The summed E-state index contributed by atoms with van der Waals surface area (Å²) in [5.41, 5.74) is 0. The van der Waals surface area contributed by atoms with Crippen molar-refractivity contribution in [3.8, 4) is 0 Å². The number of carboxylic acids is 2. The fourth-order valence-corrected chi connectivity index (χ4v) is 3.23. The fraction of sp³-hybridized carbons (Fsp3) is 0.905. The van der Waals surface area contributed by atoms with Gasteiger partial charge >= 0.3 is 11.9 Å². The van der Waals surface area contributed by atoms with Crippen molar-refractivity contribution in [2.45, 2.75) is 103 Å². The first-order valence-corrected chi connectivity index (χ1v) is 11.7. The Bertz CT molecular complexity index is 362. The maximum atomic E-state index is 10.8. The zero-order chi connectivity index (χ0) is 21.1. The van der Waals surface area contributed by atoms with Crippen LogP contribution in [0.15, 0.2) is 0 Å². The molecule has 0 aliphatic heterocycles. The summed E-state index contributed by atoms with van der Waals surface area (Å²) in [5, 5.41) is 17.0. The van der Waals surface area contributed by atoms with Gasteiger partial charge in [-0.25, -0.2) is 0 Å². The van der Waals surface area contributed by atoms with Crippen molar-refractivity contribution in [2.24, 2.45) is 11.8 Å². The maximum Gasteiger partial charge on any atom is 0.316 e. The van der Waals surface area contributed by atoms with E-state index >= 15 is 0 Å². The molecule has 0 amide bonds. The van der Waals surface area contributed by atoms with Crippen LogP contribution in [0.3, 0.4) is 0 Å². The molecule has 0 saturated heterocycles. The van der Waals surface area contributed by atoms with Crippen molar-refractivity contribution >= 4 is 37.2 Å². The molecule has 0 aromatic heterocycles. The van der Waals surface area contributed by atoms with E-state index in [1.165, 1.54) is 38.5 Å². The first-order chi connectivity index (χ1) is 12.8. The third kappa shape index (κ3) is 21.8. The molecule has 0 fully saturated rings. The van der Waals surface area contributed by atoms with Crippen LogP contribution in [0.25, 0.3) is 0 Å². The molecule has 0 radical (unpaired) electrons. The van der Waals surface area contributed by atoms with E-state index in [1.807, 2.05) is 0 Å². The lowest BCUT2D eigenvalue weighted by Crippen LogP contribution is -2.14. The van der Waals surface area contributed by atoms with Crippen LogP contribution >= 0.6 is 25.3 Å². The zero-order valence-electron chi connectivity index (χ0n) is 17.5. The molecule has 162 valence electrons. The lowest BCUT2D eigenvalue weighted by Gasteiger charge is -2.09. The third-order valence-corrected chi connectivity index (χ3v) is 5.26. The van der Waals surface area contributed by atoms with E-state index in [0.717, 1.165) is 31.6 Å². The molecule has 0 heterocycles. The van der Waals surface area contributed by atoms with E-state index in [9.17, 15) is 9.59 Å². The molecule has 0 bridgehead atoms. The Morgan fingerprint density at radius 1 is 0.778 bits per heavy atom. The van der Waals surface area contributed by atoms with E-state index in [-0.39, 0.29) is 5.92 Å². The minimum absolute atomic E-state index is 0.172. The van der Waals surface area contributed by atoms with Gasteiger partial charge in [0.1, 0.15) is 0 Å². The minimum atomic E-state index is -0.799. The molecule has 0 aromatic carbocycles. The highest BCUT2D eigenvalue weighted by molar-refractivity contribution is 7.81. The molecular formula is C21H42O4S2. The third-order valence-electron chi connectivity index (χ3n) is 4.53. The number of thiol groups is 2. The molecular weight excluding hydrogens is 380 g/mol. The van der Waals surface area contributed by atoms with E-state index in [1.54, 1.807) is 0 Å². The Morgan fingerprint density at radius 2 is 1.30 bits per heavy atom. The van der Waals surface area contributed by atoms with Crippen molar-refractivity contribution in [2.75, 3.05) is 5.75 Å². The van der Waals surface area contributed by atoms with Gasteiger partial charge in [-0.3, -0.25) is 9.59 Å². The van der Waals surface area contributed by atoms with Crippen LogP contribution in [0.5, 0.6) is 0 Å². The number of hydrogen-bond acceptors (Lipinski definition) is 4. The minimum Gasteiger partial charge on any atom is -0.481 e. The normalized spacial score (nSPS) is 13.0. The second-order valence-corrected chi connectivity index (χ2v) is 8.71. The zero-order valence-corrected chi connectivity index (χ0v) is 19.3. The molecule has 0 spiro atoms. The number of carbonyl (C=O) groups is 2. The molecule has 0 aliphatic carbocycles. The summed E-state index contributed by atoms with van der Waals surface area (Å²) in [5.74, 6) is -0.200. The van der Waals surface area contributed by atoms with Gasteiger partial charge in [0, 0.05) is 0 Å². The molecule has 2 unspecified atom stereocenters. The van der Waals surface area contributed by atoms with Gasteiger partial charge in [-0.15, -0.1) is 0 Å². The Morgan fingerprint density at radius 3 is 1.78 bits per heavy atom. The maximum absolute atomic E-state index is 10.8. The second kappa shape index (κ2) is 20.4. The van der Waals surface area contributed by atoms with Crippen molar-refractivity contribution in [1.82, 2.24) is 0 Å². The Labute approximate surface area is 177 Å². The monoisotopic (exact) mass is 422 g/mol. The van der Waals surface area contributed by atoms with Gasteiger partial charge in [-0.1, -0.05) is 78.6 Å². The molecule has 0 aliphatic rings. The van der Waals surface area contributed by atoms with Gasteiger partial charge in [0.2, 0.25) is 0 Å². The lowest BCUT2D eigenvalue weighted by atomic mass is 9.98. The topological polar surface area (TPSA) is 74.6 Å². The van der Waals surface area contributed by atoms with Crippen molar-refractivity contribution in [3.05, 3.63) is 0 Å². The fourth-order valence-electron chi connectivity index (χ4n) is 2.73. The van der Waals surface area contributed by atoms with Crippen LogP contribution in [-0.2, 0) is 9.59 Å². The van der Waals surface area contributed by atoms with Crippen LogP contribution in [-0.4, -0.2) is 33.2 Å². The summed E-state index contributed by atoms with van der Waals surface area (Å²) in [7, 11) is 0. The van der Waals surface area contributed by atoms with E-state index in [4.69, 9.17) is 10.2 Å². The number of hydrogen-bond donors (Lipinski definition) is 4. The highest BCUT2D eigenvalue weighted by atomic mass is 32.1.